The zero-order chi connectivity index (χ0) is 15.4. The lowest BCUT2D eigenvalue weighted by atomic mass is 10.1. The summed E-state index contributed by atoms with van der Waals surface area (Å²) in [6.07, 6.45) is 3.69. The molecule has 3 rings (SSSR count). The molecule has 110 valence electrons. The average Bonchev–Trinajstić information content (AvgIpc) is 3.02. The first kappa shape index (κ1) is 14.1. The number of aryl methyl sites for hydroxylation is 1. The van der Waals surface area contributed by atoms with Crippen molar-refractivity contribution in [2.45, 2.75) is 13.5 Å². The third-order valence-corrected chi connectivity index (χ3v) is 3.39. The topological polar surface area (TPSA) is 46.9 Å². The number of nitrogens with zero attached hydrogens (tertiary/aromatic N) is 2. The van der Waals surface area contributed by atoms with Gasteiger partial charge in [-0.2, -0.15) is 5.10 Å². The Morgan fingerprint density at radius 2 is 1.95 bits per heavy atom. The Morgan fingerprint density at radius 1 is 1.14 bits per heavy atom. The molecule has 0 fully saturated rings. The summed E-state index contributed by atoms with van der Waals surface area (Å²) in [5, 5.41) is 7.23. The maximum Gasteiger partial charge on any atom is 0.251 e. The predicted molar refractivity (Wildman–Crippen MR) is 85.9 cm³/mol. The van der Waals surface area contributed by atoms with Crippen molar-refractivity contribution in [3.05, 3.63) is 83.7 Å². The molecular weight excluding hydrogens is 274 g/mol. The first-order chi connectivity index (χ1) is 10.7. The number of hydrogen-bond acceptors (Lipinski definition) is 2. The zero-order valence-corrected chi connectivity index (χ0v) is 12.4. The van der Waals surface area contributed by atoms with Crippen molar-refractivity contribution in [1.29, 1.82) is 0 Å². The van der Waals surface area contributed by atoms with Crippen LogP contribution in [0.4, 0.5) is 0 Å². The highest BCUT2D eigenvalue weighted by molar-refractivity contribution is 5.94. The van der Waals surface area contributed by atoms with Crippen molar-refractivity contribution in [3.63, 3.8) is 0 Å². The molecule has 0 saturated heterocycles. The van der Waals surface area contributed by atoms with E-state index in [0.29, 0.717) is 12.1 Å². The fourth-order valence-corrected chi connectivity index (χ4v) is 2.24. The second-order valence-electron chi connectivity index (χ2n) is 5.18. The molecule has 0 aliphatic heterocycles. The fraction of sp³-hybridized carbons (Fsp3) is 0.111. The van der Waals surface area contributed by atoms with Crippen LogP contribution >= 0.6 is 0 Å². The van der Waals surface area contributed by atoms with E-state index in [1.54, 1.807) is 10.9 Å². The van der Waals surface area contributed by atoms with Gasteiger partial charge in [-0.15, -0.1) is 0 Å². The summed E-state index contributed by atoms with van der Waals surface area (Å²) in [4.78, 5) is 12.1. The Morgan fingerprint density at radius 3 is 2.73 bits per heavy atom. The number of hydrogen-bond donors (Lipinski definition) is 1. The summed E-state index contributed by atoms with van der Waals surface area (Å²) in [5.74, 6) is -0.0730. The van der Waals surface area contributed by atoms with E-state index in [1.165, 1.54) is 0 Å². The van der Waals surface area contributed by atoms with Crippen molar-refractivity contribution >= 4 is 5.91 Å². The first-order valence-corrected chi connectivity index (χ1v) is 7.16. The van der Waals surface area contributed by atoms with Gasteiger partial charge in [0.15, 0.2) is 0 Å². The molecule has 4 nitrogen and oxygen atoms in total. The van der Waals surface area contributed by atoms with Gasteiger partial charge in [0, 0.05) is 23.9 Å². The number of rotatable bonds is 4. The average molecular weight is 291 g/mol. The van der Waals surface area contributed by atoms with Gasteiger partial charge in [0.1, 0.15) is 0 Å². The van der Waals surface area contributed by atoms with Gasteiger partial charge < -0.3 is 5.32 Å². The molecule has 3 aromatic rings. The van der Waals surface area contributed by atoms with E-state index in [1.807, 2.05) is 67.7 Å². The molecule has 0 aliphatic carbocycles. The highest BCUT2D eigenvalue weighted by Gasteiger charge is 2.06. The van der Waals surface area contributed by atoms with Gasteiger partial charge >= 0.3 is 0 Å². The second kappa shape index (κ2) is 6.26. The van der Waals surface area contributed by atoms with E-state index in [4.69, 9.17) is 0 Å². The van der Waals surface area contributed by atoms with Gasteiger partial charge in [-0.05, 0) is 31.2 Å². The van der Waals surface area contributed by atoms with Crippen LogP contribution in [0.5, 0.6) is 0 Å². The van der Waals surface area contributed by atoms with Gasteiger partial charge in [0.2, 0.25) is 0 Å². The van der Waals surface area contributed by atoms with Gasteiger partial charge in [0.25, 0.3) is 5.91 Å². The lowest BCUT2D eigenvalue weighted by molar-refractivity contribution is 0.0951. The first-order valence-electron chi connectivity index (χ1n) is 7.16. The van der Waals surface area contributed by atoms with E-state index in [9.17, 15) is 4.79 Å². The summed E-state index contributed by atoms with van der Waals surface area (Å²) in [6, 6.07) is 17.4. The van der Waals surface area contributed by atoms with E-state index in [0.717, 1.165) is 16.8 Å². The standard InChI is InChI=1S/C18H17N3O/c1-14-6-5-7-16(10-14)18(22)19-11-15-12-20-21(13-15)17-8-3-2-4-9-17/h2-10,12-13H,11H2,1H3,(H,19,22). The van der Waals surface area contributed by atoms with Gasteiger partial charge in [-0.25, -0.2) is 4.68 Å². The molecule has 1 amide bonds. The van der Waals surface area contributed by atoms with Crippen molar-refractivity contribution in [1.82, 2.24) is 15.1 Å². The normalized spacial score (nSPS) is 10.4. The smallest absolute Gasteiger partial charge is 0.251 e. The number of nitrogens with one attached hydrogen (secondary N) is 1. The quantitative estimate of drug-likeness (QED) is 0.803. The largest absolute Gasteiger partial charge is 0.348 e. The maximum atomic E-state index is 12.1. The van der Waals surface area contributed by atoms with Gasteiger partial charge in [-0.1, -0.05) is 35.9 Å². The molecule has 0 atom stereocenters. The molecule has 1 aromatic heterocycles. The van der Waals surface area contributed by atoms with Crippen LogP contribution in [0.2, 0.25) is 0 Å². The third kappa shape index (κ3) is 3.23. The Labute approximate surface area is 129 Å². The molecule has 0 aliphatic rings. The van der Waals surface area contributed by atoms with Crippen LogP contribution < -0.4 is 5.32 Å². The Balaban J connectivity index is 1.65. The van der Waals surface area contributed by atoms with Crippen LogP contribution in [0.15, 0.2) is 67.0 Å². The minimum atomic E-state index is -0.0730. The van der Waals surface area contributed by atoms with Crippen LogP contribution in [0.3, 0.4) is 0 Å². The molecule has 1 N–H and O–H groups in total. The Hall–Kier alpha value is -2.88. The molecule has 0 unspecified atom stereocenters. The molecule has 0 saturated carbocycles. The van der Waals surface area contributed by atoms with Crippen LogP contribution in [-0.4, -0.2) is 15.7 Å². The summed E-state index contributed by atoms with van der Waals surface area (Å²) in [6.45, 7) is 2.43. The number of carbonyl (C=O) groups excluding carboxylic acids is 1. The monoisotopic (exact) mass is 291 g/mol. The SMILES string of the molecule is Cc1cccc(C(=O)NCc2cnn(-c3ccccc3)c2)c1. The van der Waals surface area contributed by atoms with Crippen LogP contribution in [0.25, 0.3) is 5.69 Å². The molecule has 1 heterocycles. The lowest BCUT2D eigenvalue weighted by Crippen LogP contribution is -2.22. The Kier molecular flexibility index (Phi) is 4.01. The third-order valence-electron chi connectivity index (χ3n) is 3.39. The van der Waals surface area contributed by atoms with Gasteiger partial charge in [-0.3, -0.25) is 4.79 Å². The zero-order valence-electron chi connectivity index (χ0n) is 12.4. The predicted octanol–water partition coefficient (Wildman–Crippen LogP) is 3.11. The van der Waals surface area contributed by atoms with Crippen molar-refractivity contribution in [3.8, 4) is 5.69 Å². The summed E-state index contributed by atoms with van der Waals surface area (Å²) < 4.78 is 1.80. The summed E-state index contributed by atoms with van der Waals surface area (Å²) in [5.41, 5.74) is 3.71. The maximum absolute atomic E-state index is 12.1. The van der Waals surface area contributed by atoms with Crippen LogP contribution in [0.1, 0.15) is 21.5 Å². The molecule has 0 radical (unpaired) electrons. The number of carbonyl (C=O) groups is 1. The lowest BCUT2D eigenvalue weighted by Gasteiger charge is -2.04. The fourth-order valence-electron chi connectivity index (χ4n) is 2.24. The highest BCUT2D eigenvalue weighted by atomic mass is 16.1. The number of benzene rings is 2. The molecular formula is C18H17N3O. The second-order valence-corrected chi connectivity index (χ2v) is 5.18. The molecule has 2 aromatic carbocycles. The van der Waals surface area contributed by atoms with E-state index < -0.39 is 0 Å². The summed E-state index contributed by atoms with van der Waals surface area (Å²) in [7, 11) is 0. The van der Waals surface area contributed by atoms with Crippen molar-refractivity contribution in [2.24, 2.45) is 0 Å². The number of aromatic nitrogens is 2. The van der Waals surface area contributed by atoms with E-state index in [2.05, 4.69) is 10.4 Å². The van der Waals surface area contributed by atoms with Crippen LogP contribution in [-0.2, 0) is 6.54 Å². The Bertz CT molecular complexity index is 778. The van der Waals surface area contributed by atoms with Gasteiger partial charge in [0.05, 0.1) is 11.9 Å². The van der Waals surface area contributed by atoms with Crippen LogP contribution in [0, 0.1) is 6.92 Å². The van der Waals surface area contributed by atoms with Crippen molar-refractivity contribution in [2.75, 3.05) is 0 Å². The minimum absolute atomic E-state index is 0.0730. The molecule has 22 heavy (non-hydrogen) atoms. The minimum Gasteiger partial charge on any atom is -0.348 e. The molecule has 0 spiro atoms. The molecule has 4 heteroatoms. The number of amides is 1. The summed E-state index contributed by atoms with van der Waals surface area (Å²) >= 11 is 0. The van der Waals surface area contributed by atoms with E-state index >= 15 is 0 Å². The van der Waals surface area contributed by atoms with Crippen molar-refractivity contribution < 1.29 is 4.79 Å². The number of para-hydroxylation sites is 1. The highest BCUT2D eigenvalue weighted by Crippen LogP contribution is 2.08. The molecule has 0 bridgehead atoms. The van der Waals surface area contributed by atoms with E-state index in [-0.39, 0.29) is 5.91 Å².